The Morgan fingerprint density at radius 3 is 2.84 bits per heavy atom. The lowest BCUT2D eigenvalue weighted by atomic mass is 9.96. The van der Waals surface area contributed by atoms with E-state index in [0.717, 1.165) is 31.8 Å². The van der Waals surface area contributed by atoms with Crippen molar-refractivity contribution in [2.24, 2.45) is 0 Å². The molecular formula is C13H23N5O. The molecule has 1 atom stereocenters. The second kappa shape index (κ2) is 5.28. The van der Waals surface area contributed by atoms with Crippen LogP contribution in [0.2, 0.25) is 0 Å². The third-order valence-corrected chi connectivity index (χ3v) is 3.46. The molecule has 0 aliphatic carbocycles. The molecule has 0 aromatic carbocycles. The van der Waals surface area contributed by atoms with Gasteiger partial charge in [0, 0.05) is 24.5 Å². The molecule has 1 fully saturated rings. The Bertz CT molecular complexity index is 448. The summed E-state index contributed by atoms with van der Waals surface area (Å²) in [7, 11) is 1.91. The molecule has 1 aromatic rings. The van der Waals surface area contributed by atoms with Gasteiger partial charge in [-0.25, -0.2) is 4.98 Å². The van der Waals surface area contributed by atoms with Crippen LogP contribution in [0.5, 0.6) is 0 Å². The Labute approximate surface area is 114 Å². The second-order valence-corrected chi connectivity index (χ2v) is 6.11. The van der Waals surface area contributed by atoms with Gasteiger partial charge in [-0.2, -0.15) is 0 Å². The van der Waals surface area contributed by atoms with Crippen LogP contribution in [-0.4, -0.2) is 52.2 Å². The van der Waals surface area contributed by atoms with Crippen molar-refractivity contribution in [1.29, 1.82) is 0 Å². The van der Waals surface area contributed by atoms with E-state index in [1.165, 1.54) is 0 Å². The average Bonchev–Trinajstić information content (AvgIpc) is 2.96. The van der Waals surface area contributed by atoms with Gasteiger partial charge in [0.05, 0.1) is 0 Å². The highest BCUT2D eigenvalue weighted by Crippen LogP contribution is 2.21. The normalized spacial score (nSPS) is 20.0. The van der Waals surface area contributed by atoms with Crippen molar-refractivity contribution in [2.45, 2.75) is 45.1 Å². The molecule has 0 spiro atoms. The molecule has 1 aliphatic rings. The summed E-state index contributed by atoms with van der Waals surface area (Å²) in [4.78, 5) is 18.6. The van der Waals surface area contributed by atoms with Crippen molar-refractivity contribution in [3.8, 4) is 0 Å². The van der Waals surface area contributed by atoms with Crippen LogP contribution >= 0.6 is 0 Å². The molecule has 6 heteroatoms. The van der Waals surface area contributed by atoms with Crippen LogP contribution in [0.1, 0.15) is 50.1 Å². The third kappa shape index (κ3) is 2.94. The van der Waals surface area contributed by atoms with Gasteiger partial charge in [0.1, 0.15) is 5.82 Å². The Balaban J connectivity index is 2.13. The van der Waals surface area contributed by atoms with Crippen LogP contribution in [0.4, 0.5) is 0 Å². The largest absolute Gasteiger partial charge is 0.332 e. The van der Waals surface area contributed by atoms with Crippen LogP contribution in [-0.2, 0) is 5.41 Å². The first-order valence-corrected chi connectivity index (χ1v) is 6.82. The third-order valence-electron chi connectivity index (χ3n) is 3.46. The van der Waals surface area contributed by atoms with Crippen molar-refractivity contribution >= 4 is 5.91 Å². The van der Waals surface area contributed by atoms with Gasteiger partial charge in [-0.1, -0.05) is 20.8 Å². The van der Waals surface area contributed by atoms with Crippen LogP contribution < -0.4 is 5.32 Å². The van der Waals surface area contributed by atoms with E-state index in [2.05, 4.69) is 20.5 Å². The summed E-state index contributed by atoms with van der Waals surface area (Å²) in [5, 5.41) is 10.1. The summed E-state index contributed by atoms with van der Waals surface area (Å²) in [6.45, 7) is 7.75. The molecule has 19 heavy (non-hydrogen) atoms. The number of aromatic nitrogens is 3. The molecule has 6 nitrogen and oxygen atoms in total. The number of rotatable bonds is 3. The van der Waals surface area contributed by atoms with Crippen molar-refractivity contribution < 1.29 is 4.79 Å². The maximum Gasteiger partial charge on any atom is 0.293 e. The van der Waals surface area contributed by atoms with Crippen molar-refractivity contribution in [3.63, 3.8) is 0 Å². The van der Waals surface area contributed by atoms with Gasteiger partial charge in [-0.15, -0.1) is 5.10 Å². The van der Waals surface area contributed by atoms with Gasteiger partial charge in [-0.3, -0.25) is 9.89 Å². The summed E-state index contributed by atoms with van der Waals surface area (Å²) in [6.07, 6.45) is 2.10. The van der Waals surface area contributed by atoms with Crippen LogP contribution in [0.25, 0.3) is 0 Å². The van der Waals surface area contributed by atoms with Crippen LogP contribution in [0.3, 0.4) is 0 Å². The highest BCUT2D eigenvalue weighted by molar-refractivity contribution is 5.90. The lowest BCUT2D eigenvalue weighted by Gasteiger charge is -2.23. The number of amides is 1. The molecule has 1 aromatic heterocycles. The van der Waals surface area contributed by atoms with Gasteiger partial charge in [0.25, 0.3) is 5.91 Å². The number of carbonyl (C=O) groups excluding carboxylic acids is 1. The van der Waals surface area contributed by atoms with Crippen molar-refractivity contribution in [3.05, 3.63) is 11.6 Å². The van der Waals surface area contributed by atoms with Crippen molar-refractivity contribution in [1.82, 2.24) is 25.4 Å². The molecule has 106 valence electrons. The molecule has 1 saturated heterocycles. The Hall–Kier alpha value is -1.43. The number of nitrogens with one attached hydrogen (secondary N) is 2. The summed E-state index contributed by atoms with van der Waals surface area (Å²) in [6, 6.07) is 0.258. The lowest BCUT2D eigenvalue weighted by molar-refractivity contribution is 0.0725. The minimum Gasteiger partial charge on any atom is -0.332 e. The standard InChI is InChI=1S/C13H23N5O/c1-13(2,3)12-15-10(16-17-12)11(19)18-7-5-6-9(18)8-14-4/h9,14H,5-8H2,1-4H3,(H,15,16,17). The monoisotopic (exact) mass is 265 g/mol. The fourth-order valence-corrected chi connectivity index (χ4v) is 2.37. The molecule has 1 aliphatic heterocycles. The Morgan fingerprint density at radius 1 is 1.53 bits per heavy atom. The van der Waals surface area contributed by atoms with Gasteiger partial charge in [0.2, 0.25) is 5.82 Å². The molecule has 2 rings (SSSR count). The van der Waals surface area contributed by atoms with E-state index in [4.69, 9.17) is 0 Å². The quantitative estimate of drug-likeness (QED) is 0.852. The van der Waals surface area contributed by atoms with Gasteiger partial charge >= 0.3 is 0 Å². The van der Waals surface area contributed by atoms with E-state index < -0.39 is 0 Å². The number of H-pyrrole nitrogens is 1. The molecule has 2 heterocycles. The zero-order valence-electron chi connectivity index (χ0n) is 12.2. The average molecular weight is 265 g/mol. The lowest BCUT2D eigenvalue weighted by Crippen LogP contribution is -2.41. The predicted molar refractivity (Wildman–Crippen MR) is 73.1 cm³/mol. The van der Waals surface area contributed by atoms with E-state index in [1.807, 2.05) is 32.7 Å². The molecule has 0 bridgehead atoms. The molecule has 0 saturated carbocycles. The molecular weight excluding hydrogens is 242 g/mol. The van der Waals surface area contributed by atoms with Gasteiger partial charge in [0.15, 0.2) is 0 Å². The summed E-state index contributed by atoms with van der Waals surface area (Å²) in [5.41, 5.74) is -0.124. The van der Waals surface area contributed by atoms with E-state index in [9.17, 15) is 4.79 Å². The number of nitrogens with zero attached hydrogens (tertiary/aromatic N) is 3. The smallest absolute Gasteiger partial charge is 0.293 e. The van der Waals surface area contributed by atoms with Gasteiger partial charge < -0.3 is 10.2 Å². The van der Waals surface area contributed by atoms with Crippen LogP contribution in [0.15, 0.2) is 0 Å². The molecule has 1 unspecified atom stereocenters. The van der Waals surface area contributed by atoms with E-state index >= 15 is 0 Å². The van der Waals surface area contributed by atoms with E-state index in [-0.39, 0.29) is 23.2 Å². The maximum absolute atomic E-state index is 12.4. The number of aromatic amines is 1. The van der Waals surface area contributed by atoms with Crippen LogP contribution in [0, 0.1) is 0 Å². The first-order chi connectivity index (χ1) is 8.93. The Kier molecular flexibility index (Phi) is 3.89. The molecule has 0 radical (unpaired) electrons. The fourth-order valence-electron chi connectivity index (χ4n) is 2.37. The number of likely N-dealkylation sites (N-methyl/N-ethyl adjacent to an activating group) is 1. The van der Waals surface area contributed by atoms with Gasteiger partial charge in [-0.05, 0) is 19.9 Å². The number of carbonyl (C=O) groups is 1. The Morgan fingerprint density at radius 2 is 2.26 bits per heavy atom. The minimum atomic E-state index is -0.124. The SMILES string of the molecule is CNCC1CCCN1C(=O)c1n[nH]c(C(C)(C)C)n1. The number of hydrogen-bond donors (Lipinski definition) is 2. The zero-order chi connectivity index (χ0) is 14.0. The summed E-state index contributed by atoms with van der Waals surface area (Å²) in [5.74, 6) is 0.970. The number of hydrogen-bond acceptors (Lipinski definition) is 4. The van der Waals surface area contributed by atoms with E-state index in [1.54, 1.807) is 0 Å². The maximum atomic E-state index is 12.4. The second-order valence-electron chi connectivity index (χ2n) is 6.11. The summed E-state index contributed by atoms with van der Waals surface area (Å²) >= 11 is 0. The molecule has 2 N–H and O–H groups in total. The fraction of sp³-hybridized carbons (Fsp3) is 0.769. The van der Waals surface area contributed by atoms with Crippen molar-refractivity contribution in [2.75, 3.05) is 20.1 Å². The first kappa shape index (κ1) is 14.0. The minimum absolute atomic E-state index is 0.0653. The highest BCUT2D eigenvalue weighted by Gasteiger charge is 2.31. The first-order valence-electron chi connectivity index (χ1n) is 6.82. The predicted octanol–water partition coefficient (Wildman–Crippen LogP) is 0.926. The zero-order valence-corrected chi connectivity index (χ0v) is 12.2. The summed E-state index contributed by atoms with van der Waals surface area (Å²) < 4.78 is 0. The topological polar surface area (TPSA) is 73.9 Å². The highest BCUT2D eigenvalue weighted by atomic mass is 16.2. The number of likely N-dealkylation sites (tertiary alicyclic amines) is 1. The molecule has 1 amide bonds. The van der Waals surface area contributed by atoms with E-state index in [0.29, 0.717) is 0 Å².